The van der Waals surface area contributed by atoms with E-state index >= 15 is 0 Å². The van der Waals surface area contributed by atoms with Gasteiger partial charge in [-0.2, -0.15) is 4.98 Å². The van der Waals surface area contributed by atoms with Gasteiger partial charge in [-0.25, -0.2) is 9.59 Å². The number of aromatic nitrogens is 3. The highest BCUT2D eigenvalue weighted by Gasteiger charge is 1.94. The minimum atomic E-state index is -0.586. The molecule has 0 radical (unpaired) electrons. The number of hydrogen-bond acceptors (Lipinski definition) is 3. The van der Waals surface area contributed by atoms with E-state index in [1.54, 1.807) is 0 Å². The van der Waals surface area contributed by atoms with Crippen LogP contribution in [0, 0.1) is 0 Å². The summed E-state index contributed by atoms with van der Waals surface area (Å²) in [5.74, 6) is 0.446. The second kappa shape index (κ2) is 6.16. The molecule has 0 aliphatic heterocycles. The van der Waals surface area contributed by atoms with Crippen LogP contribution in [0.1, 0.15) is 33.0 Å². The summed E-state index contributed by atoms with van der Waals surface area (Å²) in [5, 5.41) is 0. The normalized spacial score (nSPS) is 8.85. The van der Waals surface area contributed by atoms with Gasteiger partial charge in [0.25, 0.3) is 0 Å². The summed E-state index contributed by atoms with van der Waals surface area (Å²) < 4.78 is 0. The predicted molar refractivity (Wildman–Crippen MR) is 50.8 cm³/mol. The molecule has 0 aliphatic rings. The van der Waals surface area contributed by atoms with Crippen molar-refractivity contribution in [2.24, 2.45) is 0 Å². The van der Waals surface area contributed by atoms with Gasteiger partial charge in [0.2, 0.25) is 0 Å². The van der Waals surface area contributed by atoms with Gasteiger partial charge in [0, 0.05) is 6.42 Å². The Bertz CT molecular complexity index is 311. The third kappa shape index (κ3) is 4.25. The quantitative estimate of drug-likeness (QED) is 0.701. The SMILES string of the molecule is CC.CCCc1nc(=O)[nH]c(=O)[nH]1. The van der Waals surface area contributed by atoms with Gasteiger partial charge in [0.15, 0.2) is 0 Å². The molecular formula is C8H15N3O2. The Labute approximate surface area is 76.2 Å². The van der Waals surface area contributed by atoms with Gasteiger partial charge < -0.3 is 0 Å². The predicted octanol–water partition coefficient (Wildman–Crippen LogP) is 0.437. The van der Waals surface area contributed by atoms with E-state index in [0.717, 1.165) is 6.42 Å². The first-order valence-electron chi connectivity index (χ1n) is 4.42. The summed E-state index contributed by atoms with van der Waals surface area (Å²) in [6.07, 6.45) is 1.48. The topological polar surface area (TPSA) is 78.6 Å². The Morgan fingerprint density at radius 3 is 2.31 bits per heavy atom. The first kappa shape index (κ1) is 11.6. The third-order valence-electron chi connectivity index (χ3n) is 1.20. The van der Waals surface area contributed by atoms with Gasteiger partial charge in [-0.1, -0.05) is 20.8 Å². The number of hydrogen-bond donors (Lipinski definition) is 2. The lowest BCUT2D eigenvalue weighted by Gasteiger charge is -1.92. The molecule has 0 spiro atoms. The van der Waals surface area contributed by atoms with E-state index in [1.807, 2.05) is 25.8 Å². The molecule has 0 atom stereocenters. The van der Waals surface area contributed by atoms with Crippen molar-refractivity contribution >= 4 is 0 Å². The molecule has 13 heavy (non-hydrogen) atoms. The average molecular weight is 185 g/mol. The molecule has 0 saturated carbocycles. The second-order valence-corrected chi connectivity index (χ2v) is 2.19. The van der Waals surface area contributed by atoms with Gasteiger partial charge in [0.1, 0.15) is 5.82 Å². The average Bonchev–Trinajstić information content (AvgIpc) is 2.06. The number of nitrogens with zero attached hydrogens (tertiary/aromatic N) is 1. The molecule has 0 aromatic carbocycles. The number of nitrogens with one attached hydrogen (secondary N) is 2. The maximum absolute atomic E-state index is 10.6. The Kier molecular flexibility index (Phi) is 5.50. The smallest absolute Gasteiger partial charge is 0.295 e. The summed E-state index contributed by atoms with van der Waals surface area (Å²) in [5.41, 5.74) is -1.08. The van der Waals surface area contributed by atoms with Crippen LogP contribution in [-0.4, -0.2) is 15.0 Å². The molecule has 0 amide bonds. The highest BCUT2D eigenvalue weighted by Crippen LogP contribution is 1.86. The van der Waals surface area contributed by atoms with E-state index in [9.17, 15) is 9.59 Å². The standard InChI is InChI=1S/C6H9N3O2.C2H6/c1-2-3-4-7-5(10)9-6(11)8-4;1-2/h2-3H2,1H3,(H2,7,8,9,10,11);1-2H3. The summed E-state index contributed by atoms with van der Waals surface area (Å²) in [7, 11) is 0. The molecule has 2 N–H and O–H groups in total. The lowest BCUT2D eigenvalue weighted by molar-refractivity contribution is 0.780. The van der Waals surface area contributed by atoms with Crippen molar-refractivity contribution < 1.29 is 0 Å². The molecule has 0 unspecified atom stereocenters. The number of aryl methyl sites for hydroxylation is 1. The molecule has 5 heteroatoms. The molecular weight excluding hydrogens is 170 g/mol. The van der Waals surface area contributed by atoms with Crippen LogP contribution in [0.2, 0.25) is 0 Å². The van der Waals surface area contributed by atoms with Crippen LogP contribution >= 0.6 is 0 Å². The van der Waals surface area contributed by atoms with Crippen LogP contribution in [0.15, 0.2) is 9.59 Å². The summed E-state index contributed by atoms with van der Waals surface area (Å²) in [6.45, 7) is 5.95. The van der Waals surface area contributed by atoms with Crippen LogP contribution in [0.5, 0.6) is 0 Å². The molecule has 74 valence electrons. The molecule has 5 nitrogen and oxygen atoms in total. The van der Waals surface area contributed by atoms with Crippen molar-refractivity contribution in [3.05, 3.63) is 26.8 Å². The molecule has 0 fully saturated rings. The molecule has 0 saturated heterocycles. The first-order valence-corrected chi connectivity index (χ1v) is 4.42. The number of H-pyrrole nitrogens is 2. The number of rotatable bonds is 2. The van der Waals surface area contributed by atoms with Crippen molar-refractivity contribution in [3.8, 4) is 0 Å². The second-order valence-electron chi connectivity index (χ2n) is 2.19. The fourth-order valence-electron chi connectivity index (χ4n) is 0.793. The fraction of sp³-hybridized carbons (Fsp3) is 0.625. The minimum absolute atomic E-state index is 0.446. The molecule has 1 rings (SSSR count). The van der Waals surface area contributed by atoms with Crippen LogP contribution < -0.4 is 11.4 Å². The molecule has 0 aliphatic carbocycles. The molecule has 1 heterocycles. The third-order valence-corrected chi connectivity index (χ3v) is 1.20. The summed E-state index contributed by atoms with van der Waals surface area (Å²) in [4.78, 5) is 29.2. The van der Waals surface area contributed by atoms with Gasteiger partial charge in [-0.3, -0.25) is 9.97 Å². The van der Waals surface area contributed by atoms with Crippen molar-refractivity contribution in [1.82, 2.24) is 15.0 Å². The largest absolute Gasteiger partial charge is 0.350 e. The maximum atomic E-state index is 10.6. The Hall–Kier alpha value is -1.39. The van der Waals surface area contributed by atoms with E-state index in [1.165, 1.54) is 0 Å². The zero-order valence-corrected chi connectivity index (χ0v) is 8.18. The van der Waals surface area contributed by atoms with Gasteiger partial charge >= 0.3 is 11.4 Å². The first-order chi connectivity index (χ1) is 6.22. The molecule has 0 bridgehead atoms. The minimum Gasteiger partial charge on any atom is -0.295 e. The highest BCUT2D eigenvalue weighted by atomic mass is 16.2. The molecule has 1 aromatic heterocycles. The Balaban J connectivity index is 0.000000671. The Morgan fingerprint density at radius 1 is 1.23 bits per heavy atom. The van der Waals surface area contributed by atoms with Crippen LogP contribution in [-0.2, 0) is 6.42 Å². The van der Waals surface area contributed by atoms with Crippen molar-refractivity contribution in [2.75, 3.05) is 0 Å². The van der Waals surface area contributed by atoms with E-state index in [4.69, 9.17) is 0 Å². The van der Waals surface area contributed by atoms with E-state index in [-0.39, 0.29) is 0 Å². The van der Waals surface area contributed by atoms with E-state index in [2.05, 4.69) is 9.97 Å². The zero-order valence-electron chi connectivity index (χ0n) is 8.18. The molecule has 1 aromatic rings. The monoisotopic (exact) mass is 185 g/mol. The van der Waals surface area contributed by atoms with E-state index in [0.29, 0.717) is 12.2 Å². The lowest BCUT2D eigenvalue weighted by atomic mass is 10.3. The lowest BCUT2D eigenvalue weighted by Crippen LogP contribution is -2.26. The fourth-order valence-corrected chi connectivity index (χ4v) is 0.793. The van der Waals surface area contributed by atoms with Crippen molar-refractivity contribution in [1.29, 1.82) is 0 Å². The number of aromatic amines is 2. The van der Waals surface area contributed by atoms with Crippen LogP contribution in [0.3, 0.4) is 0 Å². The van der Waals surface area contributed by atoms with E-state index < -0.39 is 11.4 Å². The van der Waals surface area contributed by atoms with Gasteiger partial charge in [0.05, 0.1) is 0 Å². The van der Waals surface area contributed by atoms with Gasteiger partial charge in [-0.05, 0) is 6.42 Å². The van der Waals surface area contributed by atoms with Crippen LogP contribution in [0.4, 0.5) is 0 Å². The summed E-state index contributed by atoms with van der Waals surface area (Å²) in [6, 6.07) is 0. The van der Waals surface area contributed by atoms with Crippen molar-refractivity contribution in [2.45, 2.75) is 33.6 Å². The Morgan fingerprint density at radius 2 is 1.85 bits per heavy atom. The van der Waals surface area contributed by atoms with Crippen LogP contribution in [0.25, 0.3) is 0 Å². The summed E-state index contributed by atoms with van der Waals surface area (Å²) >= 11 is 0. The zero-order chi connectivity index (χ0) is 10.3. The highest BCUT2D eigenvalue weighted by molar-refractivity contribution is 4.81. The van der Waals surface area contributed by atoms with Gasteiger partial charge in [-0.15, -0.1) is 0 Å². The maximum Gasteiger partial charge on any atom is 0.350 e. The van der Waals surface area contributed by atoms with Crippen molar-refractivity contribution in [3.63, 3.8) is 0 Å².